The summed E-state index contributed by atoms with van der Waals surface area (Å²) in [6.07, 6.45) is 0.619. The van der Waals surface area contributed by atoms with Crippen molar-refractivity contribution >= 4 is 28.8 Å². The molecular weight excluding hydrogens is 261 g/mol. The van der Waals surface area contributed by atoms with Crippen molar-refractivity contribution in [2.45, 2.75) is 20.3 Å². The molecule has 0 amide bonds. The number of ether oxygens (including phenoxy) is 1. The summed E-state index contributed by atoms with van der Waals surface area (Å²) in [6.45, 7) is 4.18. The van der Waals surface area contributed by atoms with Gasteiger partial charge in [-0.2, -0.15) is 0 Å². The molecule has 0 saturated heterocycles. The zero-order chi connectivity index (χ0) is 13.1. The third kappa shape index (κ3) is 3.82. The average Bonchev–Trinajstić information content (AvgIpc) is 2.24. The Morgan fingerprint density at radius 2 is 2.18 bits per heavy atom. The van der Waals surface area contributed by atoms with Crippen molar-refractivity contribution in [2.24, 2.45) is 11.1 Å². The third-order valence-electron chi connectivity index (χ3n) is 2.57. The van der Waals surface area contributed by atoms with Crippen LogP contribution in [0.5, 0.6) is 5.75 Å². The Hall–Kier alpha value is -0.870. The fourth-order valence-corrected chi connectivity index (χ4v) is 1.40. The molecule has 0 saturated carbocycles. The quantitative estimate of drug-likeness (QED) is 0.835. The highest BCUT2D eigenvalue weighted by Crippen LogP contribution is 2.26. The zero-order valence-electron chi connectivity index (χ0n) is 9.80. The van der Waals surface area contributed by atoms with Crippen molar-refractivity contribution < 1.29 is 9.13 Å². The van der Waals surface area contributed by atoms with Crippen LogP contribution in [0.2, 0.25) is 5.02 Å². The Balaban J connectivity index is 2.58. The van der Waals surface area contributed by atoms with Crippen LogP contribution in [-0.2, 0) is 0 Å². The molecular formula is C12H15ClFNOS. The van der Waals surface area contributed by atoms with Crippen LogP contribution in [0.15, 0.2) is 18.2 Å². The van der Waals surface area contributed by atoms with E-state index in [1.54, 1.807) is 6.07 Å². The Morgan fingerprint density at radius 3 is 2.76 bits per heavy atom. The molecule has 1 aromatic rings. The first-order valence-electron chi connectivity index (χ1n) is 5.21. The maximum absolute atomic E-state index is 13.5. The molecule has 5 heteroatoms. The summed E-state index contributed by atoms with van der Waals surface area (Å²) in [6, 6.07) is 4.65. The fraction of sp³-hybridized carbons (Fsp3) is 0.417. The lowest BCUT2D eigenvalue weighted by molar-refractivity contribution is 0.260. The van der Waals surface area contributed by atoms with Crippen LogP contribution in [0.25, 0.3) is 0 Å². The maximum atomic E-state index is 13.5. The van der Waals surface area contributed by atoms with E-state index in [2.05, 4.69) is 0 Å². The lowest BCUT2D eigenvalue weighted by atomic mass is 9.90. The largest absolute Gasteiger partial charge is 0.490 e. The van der Waals surface area contributed by atoms with E-state index in [4.69, 9.17) is 34.3 Å². The first kappa shape index (κ1) is 14.2. The number of hydrogen-bond acceptors (Lipinski definition) is 2. The van der Waals surface area contributed by atoms with Gasteiger partial charge in [-0.3, -0.25) is 0 Å². The van der Waals surface area contributed by atoms with E-state index >= 15 is 0 Å². The highest BCUT2D eigenvalue weighted by atomic mass is 35.5. The van der Waals surface area contributed by atoms with Gasteiger partial charge in [-0.1, -0.05) is 43.7 Å². The van der Waals surface area contributed by atoms with Gasteiger partial charge in [0.15, 0.2) is 11.6 Å². The maximum Gasteiger partial charge on any atom is 0.183 e. The van der Waals surface area contributed by atoms with E-state index in [9.17, 15) is 4.39 Å². The summed E-state index contributed by atoms with van der Waals surface area (Å²) in [5.74, 6) is -0.390. The number of benzene rings is 1. The minimum atomic E-state index is -0.540. The summed E-state index contributed by atoms with van der Waals surface area (Å²) in [5.41, 5.74) is 5.28. The van der Waals surface area contributed by atoms with Crippen molar-refractivity contribution in [3.05, 3.63) is 29.0 Å². The second-order valence-corrected chi connectivity index (χ2v) is 5.25. The zero-order valence-corrected chi connectivity index (χ0v) is 11.4. The van der Waals surface area contributed by atoms with Crippen LogP contribution in [0, 0.1) is 11.2 Å². The number of hydrogen-bond donors (Lipinski definition) is 1. The predicted molar refractivity (Wildman–Crippen MR) is 72.1 cm³/mol. The molecule has 1 rings (SSSR count). The molecule has 0 fully saturated rings. The number of halogens is 2. The minimum absolute atomic E-state index is 0.0519. The monoisotopic (exact) mass is 275 g/mol. The number of rotatable bonds is 5. The number of thiocarbonyl (C=S) groups is 1. The molecule has 94 valence electrons. The Morgan fingerprint density at radius 1 is 1.53 bits per heavy atom. The van der Waals surface area contributed by atoms with Gasteiger partial charge in [0, 0.05) is 5.41 Å². The van der Waals surface area contributed by atoms with E-state index < -0.39 is 5.82 Å². The van der Waals surface area contributed by atoms with E-state index in [1.165, 1.54) is 12.1 Å². The summed E-state index contributed by atoms with van der Waals surface area (Å²) < 4.78 is 18.8. The van der Waals surface area contributed by atoms with Gasteiger partial charge in [0.05, 0.1) is 16.6 Å². The summed E-state index contributed by atoms with van der Waals surface area (Å²) in [5, 5.41) is 0.0519. The molecule has 2 nitrogen and oxygen atoms in total. The second kappa shape index (κ2) is 5.65. The lowest BCUT2D eigenvalue weighted by Gasteiger charge is -2.22. The number of nitrogens with two attached hydrogens (primary N) is 1. The first-order valence-corrected chi connectivity index (χ1v) is 6.00. The minimum Gasteiger partial charge on any atom is -0.490 e. The Labute approximate surface area is 111 Å². The summed E-state index contributed by atoms with van der Waals surface area (Å²) in [7, 11) is 0. The van der Waals surface area contributed by atoms with Crippen LogP contribution in [0.1, 0.15) is 20.3 Å². The molecule has 0 unspecified atom stereocenters. The molecule has 0 aliphatic heterocycles. The van der Waals surface area contributed by atoms with Crippen LogP contribution in [0.4, 0.5) is 4.39 Å². The topological polar surface area (TPSA) is 35.2 Å². The smallest absolute Gasteiger partial charge is 0.183 e. The summed E-state index contributed by atoms with van der Waals surface area (Å²) >= 11 is 10.6. The van der Waals surface area contributed by atoms with Crippen LogP contribution in [-0.4, -0.2) is 11.6 Å². The molecule has 17 heavy (non-hydrogen) atoms. The van der Waals surface area contributed by atoms with E-state index in [0.29, 0.717) is 18.0 Å². The Kier molecular flexibility index (Phi) is 4.71. The van der Waals surface area contributed by atoms with Crippen LogP contribution < -0.4 is 10.5 Å². The molecule has 1 aromatic carbocycles. The summed E-state index contributed by atoms with van der Waals surface area (Å²) in [4.78, 5) is 0.424. The van der Waals surface area contributed by atoms with Gasteiger partial charge in [-0.25, -0.2) is 4.39 Å². The van der Waals surface area contributed by atoms with Crippen molar-refractivity contribution in [1.82, 2.24) is 0 Å². The van der Waals surface area contributed by atoms with E-state index in [0.717, 1.165) is 0 Å². The van der Waals surface area contributed by atoms with Gasteiger partial charge in [0.2, 0.25) is 0 Å². The molecule has 2 N–H and O–H groups in total. The van der Waals surface area contributed by atoms with E-state index in [-0.39, 0.29) is 16.2 Å². The SMILES string of the molecule is CC(C)(CCOc1cccc(Cl)c1F)C(N)=S. The van der Waals surface area contributed by atoms with Crippen molar-refractivity contribution in [1.29, 1.82) is 0 Å². The molecule has 0 heterocycles. The van der Waals surface area contributed by atoms with Gasteiger partial charge in [-0.05, 0) is 18.6 Å². The van der Waals surface area contributed by atoms with Gasteiger partial charge in [0.1, 0.15) is 0 Å². The second-order valence-electron chi connectivity index (χ2n) is 4.40. The molecule has 0 aromatic heterocycles. The van der Waals surface area contributed by atoms with Gasteiger partial charge < -0.3 is 10.5 Å². The third-order valence-corrected chi connectivity index (χ3v) is 3.41. The van der Waals surface area contributed by atoms with Crippen LogP contribution in [0.3, 0.4) is 0 Å². The highest BCUT2D eigenvalue weighted by Gasteiger charge is 2.21. The lowest BCUT2D eigenvalue weighted by Crippen LogP contribution is -2.31. The fourth-order valence-electron chi connectivity index (χ4n) is 1.13. The van der Waals surface area contributed by atoms with Gasteiger partial charge in [-0.15, -0.1) is 0 Å². The normalized spacial score (nSPS) is 11.3. The van der Waals surface area contributed by atoms with Gasteiger partial charge in [0.25, 0.3) is 0 Å². The first-order chi connectivity index (χ1) is 7.84. The van der Waals surface area contributed by atoms with Crippen molar-refractivity contribution in [2.75, 3.05) is 6.61 Å². The molecule has 0 radical (unpaired) electrons. The van der Waals surface area contributed by atoms with Crippen molar-refractivity contribution in [3.63, 3.8) is 0 Å². The molecule has 0 aliphatic rings. The average molecular weight is 276 g/mol. The molecule has 0 atom stereocenters. The van der Waals surface area contributed by atoms with E-state index in [1.807, 2.05) is 13.8 Å². The van der Waals surface area contributed by atoms with Crippen molar-refractivity contribution in [3.8, 4) is 5.75 Å². The van der Waals surface area contributed by atoms with Gasteiger partial charge >= 0.3 is 0 Å². The standard InChI is InChI=1S/C12H15ClFNOS/c1-12(2,11(15)17)6-7-16-9-5-3-4-8(13)10(9)14/h3-5H,6-7H2,1-2H3,(H2,15,17). The Bertz CT molecular complexity index is 423. The predicted octanol–water partition coefficient (Wildman–Crippen LogP) is 3.56. The molecule has 0 bridgehead atoms. The van der Waals surface area contributed by atoms with Crippen LogP contribution >= 0.6 is 23.8 Å². The highest BCUT2D eigenvalue weighted by molar-refractivity contribution is 7.80. The molecule has 0 spiro atoms. The molecule has 0 aliphatic carbocycles.